The van der Waals surface area contributed by atoms with Crippen LogP contribution >= 0.6 is 0 Å². The highest BCUT2D eigenvalue weighted by molar-refractivity contribution is 6.04. The largest absolute Gasteiger partial charge is 0.352 e. The Morgan fingerprint density at radius 1 is 1.18 bits per heavy atom. The van der Waals surface area contributed by atoms with E-state index in [-0.39, 0.29) is 34.0 Å². The molecule has 0 fully saturated rings. The average Bonchev–Trinajstić information content (AvgIpc) is 3.16. The fourth-order valence-corrected chi connectivity index (χ4v) is 4.28. The van der Waals surface area contributed by atoms with E-state index in [1.165, 1.54) is 16.8 Å². The molecule has 3 aromatic rings. The Morgan fingerprint density at radius 2 is 1.91 bits per heavy atom. The van der Waals surface area contributed by atoms with E-state index in [0.717, 1.165) is 12.0 Å². The molecule has 0 saturated heterocycles. The molecule has 4 rings (SSSR count). The number of hydrogen-bond acceptors (Lipinski definition) is 5. The van der Waals surface area contributed by atoms with Crippen LogP contribution in [-0.4, -0.2) is 32.9 Å². The second-order valence-corrected chi connectivity index (χ2v) is 9.11. The predicted octanol–water partition coefficient (Wildman–Crippen LogP) is 4.74. The molecule has 1 aliphatic carbocycles. The molecule has 33 heavy (non-hydrogen) atoms. The van der Waals surface area contributed by atoms with Crippen molar-refractivity contribution in [3.05, 3.63) is 75.5 Å². The summed E-state index contributed by atoms with van der Waals surface area (Å²) in [5.74, 6) is -0.389. The molecular formula is C25H26N4O4. The van der Waals surface area contributed by atoms with Gasteiger partial charge in [-0.2, -0.15) is 5.10 Å². The van der Waals surface area contributed by atoms with Crippen LogP contribution in [0.15, 0.2) is 48.5 Å². The third-order valence-corrected chi connectivity index (χ3v) is 5.79. The van der Waals surface area contributed by atoms with Gasteiger partial charge in [0, 0.05) is 30.2 Å². The molecule has 2 aromatic carbocycles. The van der Waals surface area contributed by atoms with Crippen molar-refractivity contribution >= 4 is 17.4 Å². The second-order valence-electron chi connectivity index (χ2n) is 9.11. The first-order valence-electron chi connectivity index (χ1n) is 11.0. The third-order valence-electron chi connectivity index (χ3n) is 5.79. The Labute approximate surface area is 191 Å². The summed E-state index contributed by atoms with van der Waals surface area (Å²) in [7, 11) is 0. The Balaban J connectivity index is 1.91. The lowest BCUT2D eigenvalue weighted by Crippen LogP contribution is -2.28. The van der Waals surface area contributed by atoms with Crippen molar-refractivity contribution < 1.29 is 14.5 Å². The normalized spacial score (nSPS) is 14.6. The quantitative estimate of drug-likeness (QED) is 0.435. The SMILES string of the molecule is CCCNC(=O)c1ccc(-n2nc(-c3ccccc3)c3c2CC(C)(C)CC3=O)c([N+](=O)[O-])c1. The highest BCUT2D eigenvalue weighted by atomic mass is 16.6. The van der Waals surface area contributed by atoms with Gasteiger partial charge in [0.15, 0.2) is 5.78 Å². The van der Waals surface area contributed by atoms with Crippen LogP contribution in [0.4, 0.5) is 5.69 Å². The fraction of sp³-hybridized carbons (Fsp3) is 0.320. The second kappa shape index (κ2) is 8.61. The van der Waals surface area contributed by atoms with Gasteiger partial charge in [0.25, 0.3) is 11.6 Å². The molecule has 170 valence electrons. The van der Waals surface area contributed by atoms with Gasteiger partial charge in [-0.3, -0.25) is 19.7 Å². The number of rotatable bonds is 6. The average molecular weight is 447 g/mol. The number of Topliss-reactive ketones (excluding diaryl/α,β-unsaturated/α-hetero) is 1. The smallest absolute Gasteiger partial charge is 0.295 e. The van der Waals surface area contributed by atoms with Crippen molar-refractivity contribution in [1.82, 2.24) is 15.1 Å². The first-order chi connectivity index (χ1) is 15.7. The fourth-order valence-electron chi connectivity index (χ4n) is 4.28. The van der Waals surface area contributed by atoms with E-state index < -0.39 is 4.92 Å². The molecule has 1 N–H and O–H groups in total. The Kier molecular flexibility index (Phi) is 5.84. The first-order valence-corrected chi connectivity index (χ1v) is 11.0. The zero-order valence-corrected chi connectivity index (χ0v) is 18.9. The van der Waals surface area contributed by atoms with Gasteiger partial charge < -0.3 is 5.32 Å². The lowest BCUT2D eigenvalue weighted by molar-refractivity contribution is -0.384. The van der Waals surface area contributed by atoms with Crippen LogP contribution in [0.25, 0.3) is 16.9 Å². The molecule has 0 aliphatic heterocycles. The minimum Gasteiger partial charge on any atom is -0.352 e. The van der Waals surface area contributed by atoms with E-state index in [0.29, 0.717) is 36.3 Å². The van der Waals surface area contributed by atoms with Crippen molar-refractivity contribution in [3.8, 4) is 16.9 Å². The number of nitro groups is 1. The lowest BCUT2D eigenvalue weighted by atomic mass is 9.75. The van der Waals surface area contributed by atoms with Crippen LogP contribution in [0, 0.1) is 15.5 Å². The summed E-state index contributed by atoms with van der Waals surface area (Å²) in [5, 5.41) is 19.4. The summed E-state index contributed by atoms with van der Waals surface area (Å²) in [4.78, 5) is 37.0. The molecule has 0 atom stereocenters. The van der Waals surface area contributed by atoms with E-state index in [1.54, 1.807) is 6.07 Å². The number of carbonyl (C=O) groups excluding carboxylic acids is 2. The molecule has 1 amide bonds. The van der Waals surface area contributed by atoms with Gasteiger partial charge in [-0.1, -0.05) is 51.1 Å². The number of amides is 1. The molecule has 1 heterocycles. The van der Waals surface area contributed by atoms with Crippen LogP contribution in [0.2, 0.25) is 0 Å². The molecule has 0 saturated carbocycles. The third kappa shape index (κ3) is 4.28. The Hall–Kier alpha value is -3.81. The van der Waals surface area contributed by atoms with E-state index >= 15 is 0 Å². The topological polar surface area (TPSA) is 107 Å². The van der Waals surface area contributed by atoms with Crippen molar-refractivity contribution in [2.75, 3.05) is 6.54 Å². The molecule has 0 radical (unpaired) electrons. The summed E-state index contributed by atoms with van der Waals surface area (Å²) in [5.41, 5.74) is 2.37. The molecule has 8 nitrogen and oxygen atoms in total. The summed E-state index contributed by atoms with van der Waals surface area (Å²) in [6.45, 7) is 6.42. The number of nitro benzene ring substituents is 1. The van der Waals surface area contributed by atoms with E-state index in [1.807, 2.05) is 51.1 Å². The molecule has 1 aliphatic rings. The van der Waals surface area contributed by atoms with Gasteiger partial charge in [-0.25, -0.2) is 4.68 Å². The van der Waals surface area contributed by atoms with Gasteiger partial charge in [0.2, 0.25) is 0 Å². The van der Waals surface area contributed by atoms with Crippen molar-refractivity contribution in [3.63, 3.8) is 0 Å². The molecule has 1 aromatic heterocycles. The number of benzene rings is 2. The maximum absolute atomic E-state index is 13.2. The Morgan fingerprint density at radius 3 is 2.58 bits per heavy atom. The van der Waals surface area contributed by atoms with Gasteiger partial charge in [-0.05, 0) is 30.4 Å². The number of aromatic nitrogens is 2. The summed E-state index contributed by atoms with van der Waals surface area (Å²) < 4.78 is 1.52. The Bertz CT molecular complexity index is 1240. The molecular weight excluding hydrogens is 420 g/mol. The van der Waals surface area contributed by atoms with Crippen LogP contribution in [0.3, 0.4) is 0 Å². The van der Waals surface area contributed by atoms with Crippen molar-refractivity contribution in [2.45, 2.75) is 40.0 Å². The maximum Gasteiger partial charge on any atom is 0.295 e. The number of fused-ring (bicyclic) bond motifs is 1. The molecule has 0 unspecified atom stereocenters. The van der Waals surface area contributed by atoms with E-state index in [9.17, 15) is 19.7 Å². The summed E-state index contributed by atoms with van der Waals surface area (Å²) in [6, 6.07) is 13.7. The standard InChI is InChI=1S/C25H26N4O4/c1-4-12-26-24(31)17-10-11-18(19(13-17)29(32)33)28-20-14-25(2,3)15-21(30)22(20)23(27-28)16-8-6-5-7-9-16/h5-11,13H,4,12,14-15H2,1-3H3,(H,26,31). The predicted molar refractivity (Wildman–Crippen MR) is 125 cm³/mol. The molecule has 0 spiro atoms. The zero-order valence-electron chi connectivity index (χ0n) is 18.9. The van der Waals surface area contributed by atoms with Crippen LogP contribution in [0.5, 0.6) is 0 Å². The van der Waals surface area contributed by atoms with Crippen LogP contribution in [-0.2, 0) is 6.42 Å². The highest BCUT2D eigenvalue weighted by Gasteiger charge is 2.38. The monoisotopic (exact) mass is 446 g/mol. The number of ketones is 1. The van der Waals surface area contributed by atoms with Gasteiger partial charge in [0.05, 0.1) is 16.2 Å². The zero-order chi connectivity index (χ0) is 23.8. The number of carbonyl (C=O) groups is 2. The lowest BCUT2D eigenvalue weighted by Gasteiger charge is -2.29. The van der Waals surface area contributed by atoms with Gasteiger partial charge in [-0.15, -0.1) is 0 Å². The summed E-state index contributed by atoms with van der Waals surface area (Å²) in [6.07, 6.45) is 1.69. The molecule has 8 heteroatoms. The van der Waals surface area contributed by atoms with Gasteiger partial charge >= 0.3 is 0 Å². The summed E-state index contributed by atoms with van der Waals surface area (Å²) >= 11 is 0. The van der Waals surface area contributed by atoms with Gasteiger partial charge in [0.1, 0.15) is 11.4 Å². The number of nitrogens with zero attached hydrogens (tertiary/aromatic N) is 3. The minimum atomic E-state index is -0.516. The number of hydrogen-bond donors (Lipinski definition) is 1. The van der Waals surface area contributed by atoms with Crippen LogP contribution in [0.1, 0.15) is 60.0 Å². The van der Waals surface area contributed by atoms with E-state index in [2.05, 4.69) is 5.32 Å². The molecule has 0 bridgehead atoms. The minimum absolute atomic E-state index is 0.0235. The van der Waals surface area contributed by atoms with E-state index in [4.69, 9.17) is 5.10 Å². The van der Waals surface area contributed by atoms with Crippen molar-refractivity contribution in [2.24, 2.45) is 5.41 Å². The maximum atomic E-state index is 13.2. The van der Waals surface area contributed by atoms with Crippen LogP contribution < -0.4 is 5.32 Å². The first kappa shape index (κ1) is 22.4. The highest BCUT2D eigenvalue weighted by Crippen LogP contribution is 2.41. The van der Waals surface area contributed by atoms with Crippen molar-refractivity contribution in [1.29, 1.82) is 0 Å². The number of nitrogens with one attached hydrogen (secondary N) is 1.